The van der Waals surface area contributed by atoms with Crippen molar-refractivity contribution in [2.45, 2.75) is 277 Å². The molecular formula is C68H112O6. The van der Waals surface area contributed by atoms with E-state index in [0.717, 1.165) is 103 Å². The van der Waals surface area contributed by atoms with Crippen LogP contribution in [0.1, 0.15) is 271 Å². The highest BCUT2D eigenvalue weighted by Gasteiger charge is 2.19. The predicted molar refractivity (Wildman–Crippen MR) is 320 cm³/mol. The lowest BCUT2D eigenvalue weighted by Crippen LogP contribution is -2.30. The number of hydrogen-bond donors (Lipinski definition) is 0. The zero-order valence-corrected chi connectivity index (χ0v) is 48.1. The van der Waals surface area contributed by atoms with Gasteiger partial charge in [0.05, 0.1) is 0 Å². The van der Waals surface area contributed by atoms with Crippen molar-refractivity contribution < 1.29 is 28.6 Å². The molecule has 0 aliphatic heterocycles. The van der Waals surface area contributed by atoms with Gasteiger partial charge in [-0.15, -0.1) is 0 Å². The Hall–Kier alpha value is -4.19. The van der Waals surface area contributed by atoms with Crippen LogP contribution in [0.15, 0.2) is 122 Å². The molecule has 1 atom stereocenters. The Morgan fingerprint density at radius 1 is 0.284 bits per heavy atom. The van der Waals surface area contributed by atoms with Crippen molar-refractivity contribution >= 4 is 17.9 Å². The number of ether oxygens (including phenoxy) is 3. The van der Waals surface area contributed by atoms with Gasteiger partial charge in [0.25, 0.3) is 0 Å². The molecule has 0 aromatic rings. The molecule has 0 aliphatic carbocycles. The fraction of sp³-hybridized carbons (Fsp3) is 0.662. The van der Waals surface area contributed by atoms with Crippen LogP contribution < -0.4 is 0 Å². The van der Waals surface area contributed by atoms with Crippen LogP contribution in [0.4, 0.5) is 0 Å². The van der Waals surface area contributed by atoms with Crippen molar-refractivity contribution in [2.75, 3.05) is 13.2 Å². The van der Waals surface area contributed by atoms with Crippen LogP contribution >= 0.6 is 0 Å². The lowest BCUT2D eigenvalue weighted by Gasteiger charge is -2.18. The number of esters is 3. The summed E-state index contributed by atoms with van der Waals surface area (Å²) in [5.74, 6) is -0.989. The largest absolute Gasteiger partial charge is 0.462 e. The topological polar surface area (TPSA) is 78.9 Å². The molecular weight excluding hydrogens is 913 g/mol. The Balaban J connectivity index is 4.15. The van der Waals surface area contributed by atoms with Gasteiger partial charge in [-0.3, -0.25) is 14.4 Å². The molecule has 0 spiro atoms. The second-order valence-corrected chi connectivity index (χ2v) is 19.9. The summed E-state index contributed by atoms with van der Waals surface area (Å²) in [5.41, 5.74) is 0. The summed E-state index contributed by atoms with van der Waals surface area (Å²) in [6, 6.07) is 0. The van der Waals surface area contributed by atoms with Gasteiger partial charge in [-0.1, -0.05) is 277 Å². The summed E-state index contributed by atoms with van der Waals surface area (Å²) >= 11 is 0. The molecule has 6 heteroatoms. The van der Waals surface area contributed by atoms with Crippen LogP contribution in [-0.2, 0) is 28.6 Å². The predicted octanol–water partition coefficient (Wildman–Crippen LogP) is 20.8. The third kappa shape index (κ3) is 58.7. The maximum atomic E-state index is 12.8. The van der Waals surface area contributed by atoms with E-state index in [0.29, 0.717) is 19.3 Å². The van der Waals surface area contributed by atoms with E-state index >= 15 is 0 Å². The van der Waals surface area contributed by atoms with E-state index in [1.807, 2.05) is 12.2 Å². The molecule has 0 bridgehead atoms. The fourth-order valence-electron chi connectivity index (χ4n) is 8.23. The molecule has 0 amide bonds. The number of carbonyl (C=O) groups is 3. The molecule has 420 valence electrons. The Labute approximate surface area is 456 Å². The minimum atomic E-state index is -0.815. The molecule has 0 radical (unpaired) electrons. The number of carbonyl (C=O) groups excluding carboxylic acids is 3. The number of unbranched alkanes of at least 4 members (excludes halogenated alkanes) is 23. The van der Waals surface area contributed by atoms with E-state index in [2.05, 4.69) is 130 Å². The second kappa shape index (κ2) is 61.4. The average Bonchev–Trinajstić information content (AvgIpc) is 3.40. The number of hydrogen-bond acceptors (Lipinski definition) is 6. The van der Waals surface area contributed by atoms with Gasteiger partial charge in [0, 0.05) is 19.3 Å². The van der Waals surface area contributed by atoms with Crippen molar-refractivity contribution in [3.8, 4) is 0 Å². The summed E-state index contributed by atoms with van der Waals surface area (Å²) in [6.07, 6.45) is 85.2. The zero-order valence-electron chi connectivity index (χ0n) is 48.1. The first kappa shape index (κ1) is 69.8. The van der Waals surface area contributed by atoms with Crippen molar-refractivity contribution in [1.82, 2.24) is 0 Å². The van der Waals surface area contributed by atoms with Crippen LogP contribution in [0.3, 0.4) is 0 Å². The third-order valence-electron chi connectivity index (χ3n) is 12.7. The van der Waals surface area contributed by atoms with Gasteiger partial charge in [0.2, 0.25) is 0 Å². The Morgan fingerprint density at radius 2 is 0.554 bits per heavy atom. The first-order chi connectivity index (χ1) is 36.5. The standard InChI is InChI=1S/C68H112O6/c1-4-7-10-13-16-19-22-24-25-26-27-28-29-30-31-32-33-34-35-36-37-38-39-40-41-42-43-45-46-49-52-55-58-61-67(70)73-64-65(63-72-66(69)60-57-54-51-48-21-18-15-12-9-6-3)74-68(71)62-59-56-53-50-47-44-23-20-17-14-11-8-5-2/h7-8,10-11,16-17,19-20,24-25,27-28,30-31,33-34,44,47,53,56,65H,4-6,9,12-15,18,21-23,26,29,32,35-43,45-46,48-52,54-55,57-64H2,1-3H3/b10-7-,11-8-,19-16-,20-17-,25-24-,28-27-,31-30-,34-33-,47-44-,56-53-. The number of rotatable bonds is 54. The highest BCUT2D eigenvalue weighted by atomic mass is 16.6. The highest BCUT2D eigenvalue weighted by molar-refractivity contribution is 5.71. The minimum absolute atomic E-state index is 0.105. The van der Waals surface area contributed by atoms with Crippen LogP contribution in [-0.4, -0.2) is 37.2 Å². The van der Waals surface area contributed by atoms with Gasteiger partial charge in [-0.05, 0) is 96.3 Å². The minimum Gasteiger partial charge on any atom is -0.462 e. The summed E-state index contributed by atoms with van der Waals surface area (Å²) in [7, 11) is 0. The molecule has 0 saturated carbocycles. The van der Waals surface area contributed by atoms with Crippen molar-refractivity contribution in [3.63, 3.8) is 0 Å². The highest BCUT2D eigenvalue weighted by Crippen LogP contribution is 2.16. The molecule has 74 heavy (non-hydrogen) atoms. The summed E-state index contributed by atoms with van der Waals surface area (Å²) in [5, 5.41) is 0. The summed E-state index contributed by atoms with van der Waals surface area (Å²) in [6.45, 7) is 6.33. The van der Waals surface area contributed by atoms with Gasteiger partial charge in [-0.2, -0.15) is 0 Å². The van der Waals surface area contributed by atoms with Gasteiger partial charge in [0.15, 0.2) is 6.10 Å². The molecule has 0 heterocycles. The molecule has 0 rings (SSSR count). The summed E-state index contributed by atoms with van der Waals surface area (Å²) in [4.78, 5) is 38.0. The maximum Gasteiger partial charge on any atom is 0.306 e. The van der Waals surface area contributed by atoms with Crippen LogP contribution in [0.5, 0.6) is 0 Å². The lowest BCUT2D eigenvalue weighted by molar-refractivity contribution is -0.166. The monoisotopic (exact) mass is 1020 g/mol. The number of allylic oxidation sites excluding steroid dienone is 20. The Kier molecular flexibility index (Phi) is 57.9. The first-order valence-corrected chi connectivity index (χ1v) is 30.5. The molecule has 0 aliphatic rings. The normalized spacial score (nSPS) is 13.0. The van der Waals surface area contributed by atoms with Crippen molar-refractivity contribution in [1.29, 1.82) is 0 Å². The smallest absolute Gasteiger partial charge is 0.306 e. The maximum absolute atomic E-state index is 12.8. The quantitative estimate of drug-likeness (QED) is 0.0261. The van der Waals surface area contributed by atoms with Gasteiger partial charge in [-0.25, -0.2) is 0 Å². The van der Waals surface area contributed by atoms with E-state index in [1.54, 1.807) is 0 Å². The molecule has 0 N–H and O–H groups in total. The van der Waals surface area contributed by atoms with E-state index in [4.69, 9.17) is 14.2 Å². The SMILES string of the molecule is CC/C=C\C/C=C\C/C=C\C/C=C\C/C=C\C/C=C\CCCCCCCCCCCCCCCCC(=O)OCC(COC(=O)CCCCCCCCCCCC)OC(=O)CC/C=C\C/C=C\C/C=C\C/C=C\CC. The third-order valence-corrected chi connectivity index (χ3v) is 12.7. The lowest BCUT2D eigenvalue weighted by atomic mass is 10.0. The van der Waals surface area contributed by atoms with Crippen molar-refractivity contribution in [2.24, 2.45) is 0 Å². The molecule has 0 saturated heterocycles. The molecule has 0 aromatic heterocycles. The molecule has 0 aromatic carbocycles. The van der Waals surface area contributed by atoms with Crippen molar-refractivity contribution in [3.05, 3.63) is 122 Å². The zero-order chi connectivity index (χ0) is 53.6. The first-order valence-electron chi connectivity index (χ1n) is 30.5. The van der Waals surface area contributed by atoms with Crippen LogP contribution in [0.25, 0.3) is 0 Å². The molecule has 0 fully saturated rings. The van der Waals surface area contributed by atoms with Gasteiger partial charge >= 0.3 is 17.9 Å². The van der Waals surface area contributed by atoms with E-state index in [1.165, 1.54) is 122 Å². The van der Waals surface area contributed by atoms with E-state index in [9.17, 15) is 14.4 Å². The molecule has 1 unspecified atom stereocenters. The fourth-order valence-corrected chi connectivity index (χ4v) is 8.23. The Bertz CT molecular complexity index is 1550. The Morgan fingerprint density at radius 3 is 0.878 bits per heavy atom. The summed E-state index contributed by atoms with van der Waals surface area (Å²) < 4.78 is 16.7. The second-order valence-electron chi connectivity index (χ2n) is 19.9. The van der Waals surface area contributed by atoms with E-state index in [-0.39, 0.29) is 31.6 Å². The average molecular weight is 1030 g/mol. The van der Waals surface area contributed by atoms with Crippen LogP contribution in [0.2, 0.25) is 0 Å². The van der Waals surface area contributed by atoms with Gasteiger partial charge < -0.3 is 14.2 Å². The van der Waals surface area contributed by atoms with Crippen LogP contribution in [0, 0.1) is 0 Å². The van der Waals surface area contributed by atoms with E-state index < -0.39 is 12.1 Å². The molecule has 6 nitrogen and oxygen atoms in total. The van der Waals surface area contributed by atoms with Gasteiger partial charge in [0.1, 0.15) is 13.2 Å².